The number of carbonyl (C=O) groups is 2. The minimum Gasteiger partial charge on any atom is -0.478 e. The van der Waals surface area contributed by atoms with Gasteiger partial charge in [-0.3, -0.25) is 15.1 Å². The Morgan fingerprint density at radius 3 is 2.12 bits per heavy atom. The van der Waals surface area contributed by atoms with Gasteiger partial charge in [0.05, 0.1) is 22.8 Å². The highest BCUT2D eigenvalue weighted by molar-refractivity contribution is 8.19. The van der Waals surface area contributed by atoms with Gasteiger partial charge in [0.1, 0.15) is 4.91 Å². The van der Waals surface area contributed by atoms with E-state index in [1.807, 2.05) is 60.5 Å². The Balaban J connectivity index is 0.000000243. The van der Waals surface area contributed by atoms with Gasteiger partial charge in [0.2, 0.25) is 0 Å². The van der Waals surface area contributed by atoms with Gasteiger partial charge in [-0.2, -0.15) is 0 Å². The number of carboxylic acid groups (broad SMARTS) is 1. The van der Waals surface area contributed by atoms with E-state index in [0.717, 1.165) is 21.2 Å². The van der Waals surface area contributed by atoms with Crippen LogP contribution in [0.25, 0.3) is 0 Å². The Labute approximate surface area is 200 Å². The van der Waals surface area contributed by atoms with Crippen LogP contribution in [-0.2, 0) is 11.3 Å². The van der Waals surface area contributed by atoms with Crippen LogP contribution in [0.3, 0.4) is 0 Å². The predicted molar refractivity (Wildman–Crippen MR) is 133 cm³/mol. The Hall–Kier alpha value is -3.49. The molecule has 33 heavy (non-hydrogen) atoms. The molecule has 3 aromatic carbocycles. The number of nitrogens with one attached hydrogen (secondary N) is 1. The van der Waals surface area contributed by atoms with E-state index >= 15 is 0 Å². The van der Waals surface area contributed by atoms with Crippen molar-refractivity contribution in [1.82, 2.24) is 4.90 Å². The number of nitrogens with zero attached hydrogens (tertiary/aromatic N) is 2. The number of aromatic carboxylic acids is 1. The number of benzene rings is 3. The topological polar surface area (TPSA) is 84.7 Å². The number of thioether (sulfide) groups is 2. The lowest BCUT2D eigenvalue weighted by atomic mass is 10.2. The van der Waals surface area contributed by atoms with Crippen molar-refractivity contribution < 1.29 is 14.7 Å². The lowest BCUT2D eigenvalue weighted by Crippen LogP contribution is -2.28. The van der Waals surface area contributed by atoms with Crippen LogP contribution in [0.1, 0.15) is 15.9 Å². The molecule has 2 heterocycles. The standard InChI is InChI=1S/C18H15N3OS2.C7H6O2/c1-20-13-9-5-6-10-14(13)23-17(20)15-16(22)21(18(19)24-15)11-12-7-3-2-4-8-12;8-7(9)6-4-2-1-3-5-6/h2-10,19H,11H2,1H3;1-5H,(H,8,9)/b17-15-,19-18?;. The number of amidine groups is 1. The molecule has 0 unspecified atom stereocenters. The zero-order chi connectivity index (χ0) is 23.4. The number of hydrogen-bond donors (Lipinski definition) is 2. The molecule has 3 aromatic rings. The van der Waals surface area contributed by atoms with E-state index < -0.39 is 5.97 Å². The summed E-state index contributed by atoms with van der Waals surface area (Å²) in [6.07, 6.45) is 0. The lowest BCUT2D eigenvalue weighted by molar-refractivity contribution is -0.122. The van der Waals surface area contributed by atoms with Gasteiger partial charge in [-0.05, 0) is 41.6 Å². The minimum atomic E-state index is -0.879. The summed E-state index contributed by atoms with van der Waals surface area (Å²) in [5.41, 5.74) is 2.46. The van der Waals surface area contributed by atoms with Crippen molar-refractivity contribution in [2.24, 2.45) is 0 Å². The number of fused-ring (bicyclic) bond motifs is 1. The molecular weight excluding hydrogens is 454 g/mol. The summed E-state index contributed by atoms with van der Waals surface area (Å²) in [7, 11) is 1.97. The van der Waals surface area contributed by atoms with Crippen molar-refractivity contribution in [3.05, 3.63) is 106 Å². The van der Waals surface area contributed by atoms with Gasteiger partial charge in [-0.1, -0.05) is 72.4 Å². The molecule has 5 rings (SSSR count). The third kappa shape index (κ3) is 4.97. The van der Waals surface area contributed by atoms with Crippen molar-refractivity contribution in [1.29, 1.82) is 5.41 Å². The van der Waals surface area contributed by atoms with Crippen LogP contribution in [0, 0.1) is 5.41 Å². The quantitative estimate of drug-likeness (QED) is 0.487. The molecule has 166 valence electrons. The highest BCUT2D eigenvalue weighted by Gasteiger charge is 2.38. The fourth-order valence-corrected chi connectivity index (χ4v) is 5.54. The number of carbonyl (C=O) groups excluding carboxylic acids is 1. The van der Waals surface area contributed by atoms with Crippen LogP contribution in [0.15, 0.2) is 99.8 Å². The van der Waals surface area contributed by atoms with Gasteiger partial charge in [0.15, 0.2) is 5.17 Å². The summed E-state index contributed by atoms with van der Waals surface area (Å²) < 4.78 is 0. The molecular formula is C25H21N3O3S2. The number of anilines is 1. The Morgan fingerprint density at radius 2 is 1.52 bits per heavy atom. The number of carboxylic acids is 1. The monoisotopic (exact) mass is 475 g/mol. The Morgan fingerprint density at radius 1 is 0.909 bits per heavy atom. The largest absolute Gasteiger partial charge is 0.478 e. The Bertz CT molecular complexity index is 1230. The lowest BCUT2D eigenvalue weighted by Gasteiger charge is -2.16. The summed E-state index contributed by atoms with van der Waals surface area (Å²) in [5, 5.41) is 17.8. The highest BCUT2D eigenvalue weighted by Crippen LogP contribution is 2.49. The summed E-state index contributed by atoms with van der Waals surface area (Å²) in [6.45, 7) is 0.434. The van der Waals surface area contributed by atoms with E-state index in [0.29, 0.717) is 17.0 Å². The zero-order valence-corrected chi connectivity index (χ0v) is 19.4. The SMILES string of the molecule is CN1/C(=C2/SC(=N)N(Cc3ccccc3)C2=O)Sc2ccccc21.O=C(O)c1ccccc1. The molecule has 0 atom stereocenters. The molecule has 0 saturated carbocycles. The van der Waals surface area contributed by atoms with Gasteiger partial charge in [0, 0.05) is 11.9 Å². The molecule has 1 fully saturated rings. The smallest absolute Gasteiger partial charge is 0.335 e. The van der Waals surface area contributed by atoms with Crippen molar-refractivity contribution in [2.75, 3.05) is 11.9 Å². The molecule has 2 aliphatic rings. The first-order valence-corrected chi connectivity index (χ1v) is 11.7. The second kappa shape index (κ2) is 9.97. The fraction of sp³-hybridized carbons (Fsp3) is 0.0800. The first-order chi connectivity index (χ1) is 16.0. The molecule has 1 amide bonds. The van der Waals surface area contributed by atoms with E-state index in [-0.39, 0.29) is 11.1 Å². The number of hydrogen-bond acceptors (Lipinski definition) is 6. The summed E-state index contributed by atoms with van der Waals surface area (Å²) in [4.78, 5) is 28.4. The van der Waals surface area contributed by atoms with Crippen molar-refractivity contribution >= 4 is 46.3 Å². The van der Waals surface area contributed by atoms with Gasteiger partial charge in [-0.25, -0.2) is 4.79 Å². The van der Waals surface area contributed by atoms with E-state index in [2.05, 4.69) is 6.07 Å². The van der Waals surface area contributed by atoms with Crippen molar-refractivity contribution in [3.63, 3.8) is 0 Å². The molecule has 1 saturated heterocycles. The van der Waals surface area contributed by atoms with E-state index in [1.165, 1.54) is 11.8 Å². The maximum atomic E-state index is 12.9. The molecule has 8 heteroatoms. The van der Waals surface area contributed by atoms with Crippen LogP contribution in [0.5, 0.6) is 0 Å². The summed E-state index contributed by atoms with van der Waals surface area (Å²) in [5.74, 6) is -0.966. The summed E-state index contributed by atoms with van der Waals surface area (Å²) >= 11 is 2.85. The maximum Gasteiger partial charge on any atom is 0.335 e. The van der Waals surface area contributed by atoms with Gasteiger partial charge in [-0.15, -0.1) is 0 Å². The third-order valence-corrected chi connectivity index (χ3v) is 7.37. The Kier molecular flexibility index (Phi) is 6.86. The van der Waals surface area contributed by atoms with Crippen LogP contribution in [-0.4, -0.2) is 34.1 Å². The van der Waals surface area contributed by atoms with Crippen LogP contribution in [0.4, 0.5) is 5.69 Å². The first kappa shape index (κ1) is 22.7. The first-order valence-electron chi connectivity index (χ1n) is 10.1. The maximum absolute atomic E-state index is 12.9. The van der Waals surface area contributed by atoms with Crippen molar-refractivity contribution in [3.8, 4) is 0 Å². The molecule has 0 spiro atoms. The van der Waals surface area contributed by atoms with E-state index in [9.17, 15) is 9.59 Å². The normalized spacial score (nSPS) is 17.0. The van der Waals surface area contributed by atoms with Gasteiger partial charge < -0.3 is 10.0 Å². The second-order valence-electron chi connectivity index (χ2n) is 7.22. The van der Waals surface area contributed by atoms with Crippen LogP contribution >= 0.6 is 23.5 Å². The number of para-hydroxylation sites is 1. The molecule has 0 radical (unpaired) electrons. The van der Waals surface area contributed by atoms with Gasteiger partial charge in [0.25, 0.3) is 5.91 Å². The van der Waals surface area contributed by atoms with E-state index in [4.69, 9.17) is 10.5 Å². The predicted octanol–water partition coefficient (Wildman–Crippen LogP) is 5.49. The number of amides is 1. The fourth-order valence-electron chi connectivity index (χ4n) is 3.34. The third-order valence-electron chi connectivity index (χ3n) is 5.02. The molecule has 0 bridgehead atoms. The zero-order valence-electron chi connectivity index (χ0n) is 17.8. The van der Waals surface area contributed by atoms with Crippen molar-refractivity contribution in [2.45, 2.75) is 11.4 Å². The molecule has 0 aromatic heterocycles. The minimum absolute atomic E-state index is 0.0870. The summed E-state index contributed by atoms with van der Waals surface area (Å²) in [6, 6.07) is 26.2. The molecule has 0 aliphatic carbocycles. The molecule has 2 N–H and O–H groups in total. The number of rotatable bonds is 3. The molecule has 6 nitrogen and oxygen atoms in total. The average molecular weight is 476 g/mol. The van der Waals surface area contributed by atoms with Crippen LogP contribution in [0.2, 0.25) is 0 Å². The molecule has 2 aliphatic heterocycles. The average Bonchev–Trinajstić information content (AvgIpc) is 3.32. The second-order valence-corrected chi connectivity index (χ2v) is 9.25. The highest BCUT2D eigenvalue weighted by atomic mass is 32.2. The van der Waals surface area contributed by atoms with Crippen LogP contribution < -0.4 is 4.90 Å². The van der Waals surface area contributed by atoms with Gasteiger partial charge >= 0.3 is 5.97 Å². The van der Waals surface area contributed by atoms with E-state index in [1.54, 1.807) is 47.0 Å².